The minimum atomic E-state index is -0.864. The van der Waals surface area contributed by atoms with E-state index in [2.05, 4.69) is 0 Å². The zero-order valence-electron chi connectivity index (χ0n) is 18.8. The first-order chi connectivity index (χ1) is 15.0. The van der Waals surface area contributed by atoms with E-state index in [1.807, 2.05) is 35.8 Å². The topological polar surface area (TPSA) is 59.1 Å². The number of carbonyl (C=O) groups is 2. The number of morpholine rings is 1. The first-order valence-electron chi connectivity index (χ1n) is 11.5. The van der Waals surface area contributed by atoms with Gasteiger partial charge in [0.15, 0.2) is 0 Å². The molecular formula is C24H35ClN2O4. The highest BCUT2D eigenvalue weighted by molar-refractivity contribution is 6.30. The van der Waals surface area contributed by atoms with Gasteiger partial charge in [-0.3, -0.25) is 9.59 Å². The van der Waals surface area contributed by atoms with Crippen LogP contribution in [-0.4, -0.2) is 66.6 Å². The predicted molar refractivity (Wildman–Crippen MR) is 121 cm³/mol. The lowest BCUT2D eigenvalue weighted by atomic mass is 9.94. The Labute approximate surface area is 190 Å². The zero-order chi connectivity index (χ0) is 22.3. The molecule has 0 spiro atoms. The lowest BCUT2D eigenvalue weighted by Crippen LogP contribution is -2.59. The fraction of sp³-hybridized carbons (Fsp3) is 0.667. The van der Waals surface area contributed by atoms with Gasteiger partial charge >= 0.3 is 0 Å². The van der Waals surface area contributed by atoms with Gasteiger partial charge in [0.2, 0.25) is 11.8 Å². The van der Waals surface area contributed by atoms with Crippen LogP contribution in [0, 0.1) is 5.92 Å². The summed E-state index contributed by atoms with van der Waals surface area (Å²) in [5.74, 6) is 0.851. The van der Waals surface area contributed by atoms with E-state index in [0.29, 0.717) is 30.5 Å². The fourth-order valence-electron chi connectivity index (χ4n) is 4.48. The molecule has 0 saturated carbocycles. The minimum absolute atomic E-state index is 0.00226. The Bertz CT molecular complexity index is 749. The number of halogens is 1. The molecule has 0 N–H and O–H groups in total. The highest BCUT2D eigenvalue weighted by Crippen LogP contribution is 2.28. The van der Waals surface area contributed by atoms with E-state index < -0.39 is 5.60 Å². The van der Waals surface area contributed by atoms with Crippen molar-refractivity contribution in [2.45, 2.75) is 58.0 Å². The number of hydrogen-bond acceptors (Lipinski definition) is 4. The van der Waals surface area contributed by atoms with Crippen molar-refractivity contribution in [1.82, 2.24) is 9.80 Å². The Morgan fingerprint density at radius 2 is 1.87 bits per heavy atom. The molecule has 2 fully saturated rings. The molecule has 2 amide bonds. The summed E-state index contributed by atoms with van der Waals surface area (Å²) >= 11 is 6.09. The fourth-order valence-corrected chi connectivity index (χ4v) is 4.66. The highest BCUT2D eigenvalue weighted by atomic mass is 35.5. The van der Waals surface area contributed by atoms with Gasteiger partial charge in [0, 0.05) is 30.6 Å². The first kappa shape index (κ1) is 23.9. The molecule has 2 aliphatic rings. The zero-order valence-corrected chi connectivity index (χ0v) is 19.5. The van der Waals surface area contributed by atoms with Gasteiger partial charge in [-0.25, -0.2) is 0 Å². The van der Waals surface area contributed by atoms with Gasteiger partial charge in [-0.15, -0.1) is 0 Å². The maximum absolute atomic E-state index is 13.1. The number of likely N-dealkylation sites (tertiary alicyclic amines) is 1. The van der Waals surface area contributed by atoms with Gasteiger partial charge in [0.25, 0.3) is 0 Å². The van der Waals surface area contributed by atoms with Crippen LogP contribution >= 0.6 is 11.6 Å². The number of benzene rings is 1. The highest BCUT2D eigenvalue weighted by Gasteiger charge is 2.43. The van der Waals surface area contributed by atoms with Gasteiger partial charge in [0.1, 0.15) is 18.0 Å². The van der Waals surface area contributed by atoms with Crippen LogP contribution in [0.5, 0.6) is 5.75 Å². The maximum Gasteiger partial charge on any atom is 0.225 e. The average Bonchev–Trinajstić information content (AvgIpc) is 2.79. The summed E-state index contributed by atoms with van der Waals surface area (Å²) in [4.78, 5) is 30.0. The van der Waals surface area contributed by atoms with Gasteiger partial charge in [-0.05, 0) is 50.3 Å². The molecule has 0 aliphatic carbocycles. The Hall–Kier alpha value is -1.79. The number of amides is 2. The molecule has 6 nitrogen and oxygen atoms in total. The van der Waals surface area contributed by atoms with Crippen LogP contribution in [0.2, 0.25) is 5.02 Å². The average molecular weight is 451 g/mol. The van der Waals surface area contributed by atoms with Crippen LogP contribution in [-0.2, 0) is 14.3 Å². The molecule has 1 aromatic rings. The molecule has 31 heavy (non-hydrogen) atoms. The van der Waals surface area contributed by atoms with E-state index in [0.717, 1.165) is 38.8 Å². The Balaban J connectivity index is 1.77. The van der Waals surface area contributed by atoms with Crippen molar-refractivity contribution in [2.24, 2.45) is 5.92 Å². The summed E-state index contributed by atoms with van der Waals surface area (Å²) in [5.41, 5.74) is -0.864. The van der Waals surface area contributed by atoms with E-state index in [1.54, 1.807) is 12.1 Å². The van der Waals surface area contributed by atoms with Crippen molar-refractivity contribution in [3.63, 3.8) is 0 Å². The normalized spacial score (nSPS) is 21.9. The van der Waals surface area contributed by atoms with Gasteiger partial charge in [-0.2, -0.15) is 0 Å². The molecule has 7 heteroatoms. The summed E-state index contributed by atoms with van der Waals surface area (Å²) in [6.07, 6.45) is 5.08. The third-order valence-corrected chi connectivity index (χ3v) is 6.61. The summed E-state index contributed by atoms with van der Waals surface area (Å²) < 4.78 is 12.2. The molecule has 1 unspecified atom stereocenters. The summed E-state index contributed by atoms with van der Waals surface area (Å²) in [6.45, 7) is 7.18. The molecule has 3 rings (SSSR count). The van der Waals surface area contributed by atoms with Crippen LogP contribution in [0.4, 0.5) is 0 Å². The van der Waals surface area contributed by atoms with Crippen LogP contribution in [0.1, 0.15) is 52.4 Å². The van der Waals surface area contributed by atoms with E-state index in [4.69, 9.17) is 21.1 Å². The molecule has 172 valence electrons. The van der Waals surface area contributed by atoms with Crippen molar-refractivity contribution in [1.29, 1.82) is 0 Å². The Morgan fingerprint density at radius 3 is 2.55 bits per heavy atom. The predicted octanol–water partition coefficient (Wildman–Crippen LogP) is 4.16. The number of rotatable bonds is 8. The van der Waals surface area contributed by atoms with Gasteiger partial charge in [-0.1, -0.05) is 31.5 Å². The van der Waals surface area contributed by atoms with E-state index in [1.165, 1.54) is 6.42 Å². The Kier molecular flexibility index (Phi) is 8.61. The van der Waals surface area contributed by atoms with Crippen LogP contribution in [0.3, 0.4) is 0 Å². The molecule has 2 aliphatic heterocycles. The maximum atomic E-state index is 13.1. The first-order valence-corrected chi connectivity index (χ1v) is 11.9. The third-order valence-electron chi connectivity index (χ3n) is 6.38. The number of hydrogen-bond donors (Lipinski definition) is 0. The van der Waals surface area contributed by atoms with E-state index in [-0.39, 0.29) is 30.8 Å². The number of nitrogens with zero attached hydrogens (tertiary/aromatic N) is 2. The smallest absolute Gasteiger partial charge is 0.225 e. The van der Waals surface area contributed by atoms with Crippen LogP contribution in [0.25, 0.3) is 0 Å². The van der Waals surface area contributed by atoms with Crippen LogP contribution < -0.4 is 4.74 Å². The molecule has 0 aromatic heterocycles. The molecule has 2 saturated heterocycles. The molecule has 0 radical (unpaired) electrons. The monoisotopic (exact) mass is 450 g/mol. The quantitative estimate of drug-likeness (QED) is 0.596. The lowest BCUT2D eigenvalue weighted by Gasteiger charge is -2.44. The second-order valence-corrected chi connectivity index (χ2v) is 9.11. The van der Waals surface area contributed by atoms with Gasteiger partial charge in [0.05, 0.1) is 19.6 Å². The van der Waals surface area contributed by atoms with Crippen molar-refractivity contribution >= 4 is 23.4 Å². The summed E-state index contributed by atoms with van der Waals surface area (Å²) in [7, 11) is 0. The molecular weight excluding hydrogens is 416 g/mol. The second-order valence-electron chi connectivity index (χ2n) is 8.67. The standard InChI is InChI=1S/C24H35ClN2O4/c1-3-19(4-2)23(29)27-13-14-31-24(17-27,16-22(28)26-11-6-5-7-12-26)18-30-21-10-8-9-20(25)15-21/h8-10,15,19H,3-7,11-14,16-18H2,1-2H3. The lowest BCUT2D eigenvalue weighted by molar-refractivity contribution is -0.168. The second kappa shape index (κ2) is 11.2. The molecule has 1 aromatic carbocycles. The summed E-state index contributed by atoms with van der Waals surface area (Å²) in [5, 5.41) is 0.589. The van der Waals surface area contributed by atoms with Crippen molar-refractivity contribution < 1.29 is 19.1 Å². The van der Waals surface area contributed by atoms with Gasteiger partial charge < -0.3 is 19.3 Å². The van der Waals surface area contributed by atoms with E-state index >= 15 is 0 Å². The summed E-state index contributed by atoms with van der Waals surface area (Å²) in [6, 6.07) is 7.20. The largest absolute Gasteiger partial charge is 0.490 e. The molecule has 1 atom stereocenters. The van der Waals surface area contributed by atoms with Crippen molar-refractivity contribution in [3.8, 4) is 5.75 Å². The number of ether oxygens (including phenoxy) is 2. The molecule has 2 heterocycles. The number of piperidine rings is 1. The third kappa shape index (κ3) is 6.36. The minimum Gasteiger partial charge on any atom is -0.490 e. The van der Waals surface area contributed by atoms with Crippen molar-refractivity contribution in [3.05, 3.63) is 29.3 Å². The SMILES string of the molecule is CCC(CC)C(=O)N1CCOC(COc2cccc(Cl)c2)(CC(=O)N2CCCCC2)C1. The number of carbonyl (C=O) groups excluding carboxylic acids is 2. The Morgan fingerprint density at radius 1 is 1.13 bits per heavy atom. The van der Waals surface area contributed by atoms with Crippen LogP contribution in [0.15, 0.2) is 24.3 Å². The van der Waals surface area contributed by atoms with Crippen molar-refractivity contribution in [2.75, 3.05) is 39.4 Å². The molecule has 0 bridgehead atoms. The van der Waals surface area contributed by atoms with E-state index in [9.17, 15) is 9.59 Å².